The Labute approximate surface area is 309 Å². The average Bonchev–Trinajstić information content (AvgIpc) is 3.19. The Hall–Kier alpha value is -5.41. The van der Waals surface area contributed by atoms with Crippen molar-refractivity contribution in [3.63, 3.8) is 0 Å². The van der Waals surface area contributed by atoms with Crippen LogP contribution in [0.1, 0.15) is 24.0 Å². The third-order valence-corrected chi connectivity index (χ3v) is 8.57. The van der Waals surface area contributed by atoms with E-state index in [-0.39, 0.29) is 0 Å². The predicted octanol–water partition coefficient (Wildman–Crippen LogP) is 4.55. The van der Waals surface area contributed by atoms with E-state index in [1.165, 1.54) is 11.1 Å². The second-order valence-electron chi connectivity index (χ2n) is 12.0. The van der Waals surface area contributed by atoms with Crippen LogP contribution in [-0.4, -0.2) is 104 Å². The summed E-state index contributed by atoms with van der Waals surface area (Å²) in [4.78, 5) is 21.3. The lowest BCUT2D eigenvalue weighted by molar-refractivity contribution is -0.131. The van der Waals surface area contributed by atoms with Gasteiger partial charge < -0.3 is 49.1 Å². The first kappa shape index (κ1) is 40.4. The van der Waals surface area contributed by atoms with Gasteiger partial charge in [0.1, 0.15) is 0 Å². The van der Waals surface area contributed by atoms with E-state index < -0.39 is 12.3 Å². The minimum atomic E-state index is -1.67. The van der Waals surface area contributed by atoms with E-state index in [1.54, 1.807) is 42.7 Å². The number of carbonyl (C=O) groups is 1. The van der Waals surface area contributed by atoms with Gasteiger partial charge in [-0.05, 0) is 91.7 Å². The lowest BCUT2D eigenvalue weighted by atomic mass is 10.0. The van der Waals surface area contributed by atoms with Gasteiger partial charge in [0.15, 0.2) is 29.3 Å². The lowest BCUT2D eigenvalue weighted by Gasteiger charge is -2.32. The number of aliphatic hydroxyl groups is 2. The Morgan fingerprint density at radius 3 is 1.60 bits per heavy atom. The van der Waals surface area contributed by atoms with E-state index in [0.29, 0.717) is 46.6 Å². The molecule has 14 nitrogen and oxygen atoms in total. The maximum absolute atomic E-state index is 9.59. The number of methoxy groups -OCH3 is 6. The fraction of sp³-hybridized carbons (Fsp3) is 0.359. The van der Waals surface area contributed by atoms with Crippen molar-refractivity contribution in [2.45, 2.75) is 38.3 Å². The topological polar surface area (TPSA) is 174 Å². The van der Waals surface area contributed by atoms with Crippen molar-refractivity contribution < 1.29 is 48.5 Å². The third-order valence-electron chi connectivity index (χ3n) is 8.57. The molecule has 2 aromatic carbocycles. The number of aromatic nitrogens is 2. The third kappa shape index (κ3) is 11.3. The number of ether oxygens (including phenoxy) is 6. The SMILES string of the molecule is COc1cc(-c2cc(CNC3CCN(Cc4ccnc(-c5cc(OC)c(OC)c(OC)c5)c4)CC3)ccn2)cc(OC)c1OC.O=C(O)/C=C/C(O)O. The fourth-order valence-corrected chi connectivity index (χ4v) is 5.91. The molecule has 0 unspecified atom stereocenters. The minimum Gasteiger partial charge on any atom is -0.493 e. The zero-order chi connectivity index (χ0) is 38.3. The summed E-state index contributed by atoms with van der Waals surface area (Å²) in [7, 11) is 9.68. The molecule has 0 spiro atoms. The molecule has 0 amide bonds. The van der Waals surface area contributed by atoms with Gasteiger partial charge in [0.25, 0.3) is 0 Å². The molecular formula is C39H48N4O10. The lowest BCUT2D eigenvalue weighted by Crippen LogP contribution is -2.41. The molecule has 2 aromatic heterocycles. The standard InChI is InChI=1S/C35H42N4O6.C4H6O4/c1-40-30-17-25(18-31(41-2)34(30)44-5)28-15-23(7-11-36-28)21-38-27-9-13-39(14-10-27)22-24-8-12-37-29(16-24)26-19-32(42-3)35(45-6)33(20-26)43-4;5-3(6)1-2-4(7)8/h7-8,11-12,15-20,27,38H,9-10,13-14,21-22H2,1-6H3;1-3,5-6H,(H,7,8)/b;2-1+. The summed E-state index contributed by atoms with van der Waals surface area (Å²) >= 11 is 0. The smallest absolute Gasteiger partial charge is 0.328 e. The molecule has 1 saturated heterocycles. The van der Waals surface area contributed by atoms with Crippen LogP contribution in [0.15, 0.2) is 73.1 Å². The van der Waals surface area contributed by atoms with Crippen LogP contribution in [0.25, 0.3) is 22.5 Å². The Kier molecular flexibility index (Phi) is 15.2. The van der Waals surface area contributed by atoms with Crippen LogP contribution in [0, 0.1) is 0 Å². The first-order valence-corrected chi connectivity index (χ1v) is 16.9. The van der Waals surface area contributed by atoms with Crippen molar-refractivity contribution in [2.75, 3.05) is 55.7 Å². The van der Waals surface area contributed by atoms with Gasteiger partial charge in [0.2, 0.25) is 11.5 Å². The zero-order valence-corrected chi connectivity index (χ0v) is 30.9. The molecular weight excluding hydrogens is 684 g/mol. The van der Waals surface area contributed by atoms with Gasteiger partial charge in [0, 0.05) is 48.7 Å². The summed E-state index contributed by atoms with van der Waals surface area (Å²) in [6.45, 7) is 3.68. The molecule has 4 aromatic rings. The Balaban J connectivity index is 0.000000703. The van der Waals surface area contributed by atoms with E-state index in [1.807, 2.05) is 36.7 Å². The molecule has 53 heavy (non-hydrogen) atoms. The number of aliphatic hydroxyl groups excluding tert-OH is 1. The van der Waals surface area contributed by atoms with Crippen LogP contribution in [-0.2, 0) is 17.9 Å². The molecule has 0 bridgehead atoms. The summed E-state index contributed by atoms with van der Waals surface area (Å²) in [5.74, 6) is 2.37. The fourth-order valence-electron chi connectivity index (χ4n) is 5.91. The summed E-state index contributed by atoms with van der Waals surface area (Å²) < 4.78 is 33.1. The predicted molar refractivity (Wildman–Crippen MR) is 199 cm³/mol. The minimum absolute atomic E-state index is 0.450. The number of aliphatic carboxylic acids is 1. The van der Waals surface area contributed by atoms with Crippen molar-refractivity contribution >= 4 is 5.97 Å². The van der Waals surface area contributed by atoms with Gasteiger partial charge in [-0.15, -0.1) is 0 Å². The van der Waals surface area contributed by atoms with Crippen LogP contribution in [0.4, 0.5) is 0 Å². The number of piperidine rings is 1. The van der Waals surface area contributed by atoms with E-state index in [0.717, 1.165) is 67.6 Å². The maximum Gasteiger partial charge on any atom is 0.328 e. The largest absolute Gasteiger partial charge is 0.493 e. The molecule has 1 aliphatic heterocycles. The van der Waals surface area contributed by atoms with Crippen LogP contribution in [0.5, 0.6) is 34.5 Å². The van der Waals surface area contributed by atoms with Crippen LogP contribution in [0.3, 0.4) is 0 Å². The highest BCUT2D eigenvalue weighted by atomic mass is 16.5. The van der Waals surface area contributed by atoms with Crippen molar-refractivity contribution in [1.82, 2.24) is 20.2 Å². The monoisotopic (exact) mass is 732 g/mol. The molecule has 4 N–H and O–H groups in total. The average molecular weight is 733 g/mol. The Morgan fingerprint density at radius 2 is 1.21 bits per heavy atom. The molecule has 5 rings (SSSR count). The van der Waals surface area contributed by atoms with E-state index >= 15 is 0 Å². The van der Waals surface area contributed by atoms with Crippen molar-refractivity contribution in [2.24, 2.45) is 0 Å². The number of likely N-dealkylation sites (tertiary alicyclic amines) is 1. The number of benzene rings is 2. The second kappa shape index (κ2) is 20.0. The number of carboxylic acid groups (broad SMARTS) is 1. The summed E-state index contributed by atoms with van der Waals surface area (Å²) in [5, 5.41) is 27.6. The molecule has 0 aliphatic carbocycles. The highest BCUT2D eigenvalue weighted by molar-refractivity contribution is 5.79. The Morgan fingerprint density at radius 1 is 0.755 bits per heavy atom. The quantitative estimate of drug-likeness (QED) is 0.0990. The molecule has 0 radical (unpaired) electrons. The number of nitrogens with zero attached hydrogens (tertiary/aromatic N) is 3. The number of hydrogen-bond donors (Lipinski definition) is 4. The number of nitrogens with one attached hydrogen (secondary N) is 1. The van der Waals surface area contributed by atoms with Gasteiger partial charge in [-0.3, -0.25) is 14.9 Å². The normalized spacial score (nSPS) is 13.3. The zero-order valence-electron chi connectivity index (χ0n) is 30.9. The second-order valence-corrected chi connectivity index (χ2v) is 12.0. The van der Waals surface area contributed by atoms with Gasteiger partial charge in [-0.25, -0.2) is 4.79 Å². The van der Waals surface area contributed by atoms with Crippen molar-refractivity contribution in [1.29, 1.82) is 0 Å². The maximum atomic E-state index is 9.59. The van der Waals surface area contributed by atoms with Gasteiger partial charge in [-0.1, -0.05) is 0 Å². The summed E-state index contributed by atoms with van der Waals surface area (Å²) in [5.41, 5.74) is 5.93. The number of carboxylic acids is 1. The van der Waals surface area contributed by atoms with Crippen LogP contribution >= 0.6 is 0 Å². The van der Waals surface area contributed by atoms with Crippen LogP contribution in [0.2, 0.25) is 0 Å². The van der Waals surface area contributed by atoms with Crippen molar-refractivity contribution in [3.05, 3.63) is 84.2 Å². The van der Waals surface area contributed by atoms with Gasteiger partial charge in [-0.2, -0.15) is 0 Å². The highest BCUT2D eigenvalue weighted by Gasteiger charge is 2.20. The Bertz CT molecular complexity index is 1780. The van der Waals surface area contributed by atoms with Crippen molar-refractivity contribution in [3.8, 4) is 57.0 Å². The number of hydrogen-bond acceptors (Lipinski definition) is 13. The molecule has 1 aliphatic rings. The first-order valence-electron chi connectivity index (χ1n) is 16.9. The molecule has 14 heteroatoms. The summed E-state index contributed by atoms with van der Waals surface area (Å²) in [6, 6.07) is 16.5. The molecule has 3 heterocycles. The molecule has 0 atom stereocenters. The van der Waals surface area contributed by atoms with Gasteiger partial charge in [0.05, 0.1) is 54.0 Å². The van der Waals surface area contributed by atoms with E-state index in [9.17, 15) is 4.79 Å². The number of rotatable bonds is 15. The molecule has 284 valence electrons. The van der Waals surface area contributed by atoms with Crippen LogP contribution < -0.4 is 33.7 Å². The molecule has 1 fully saturated rings. The van der Waals surface area contributed by atoms with E-state index in [2.05, 4.69) is 44.5 Å². The van der Waals surface area contributed by atoms with Gasteiger partial charge >= 0.3 is 5.97 Å². The first-order chi connectivity index (χ1) is 25.6. The van der Waals surface area contributed by atoms with E-state index in [4.69, 9.17) is 43.7 Å². The summed E-state index contributed by atoms with van der Waals surface area (Å²) in [6.07, 6.45) is 5.60. The number of pyridine rings is 2. The molecule has 0 saturated carbocycles. The highest BCUT2D eigenvalue weighted by Crippen LogP contribution is 2.42.